The molecule has 0 amide bonds. The van der Waals surface area contributed by atoms with Crippen LogP contribution < -0.4 is 14.5 Å². The number of nitrogens with one attached hydrogen (secondary N) is 2. The summed E-state index contributed by atoms with van der Waals surface area (Å²) in [6.45, 7) is 10.9. The Morgan fingerprint density at radius 3 is 1.93 bits per heavy atom. The minimum Gasteiger partial charge on any atom is -0.537 e. The average molecular weight is 760 g/mol. The lowest BCUT2D eigenvalue weighted by atomic mass is 10.1. The Balaban J connectivity index is 0.000000150. The number of fused-ring (bicyclic) bond motifs is 4. The number of ether oxygens (including phenoxy) is 2. The zero-order chi connectivity index (χ0) is 37.0. The van der Waals surface area contributed by atoms with Crippen molar-refractivity contribution in [2.45, 2.75) is 47.7 Å². The van der Waals surface area contributed by atoms with E-state index in [0.29, 0.717) is 31.9 Å². The molecule has 0 unspecified atom stereocenters. The molecule has 8 heterocycles. The zero-order valence-corrected chi connectivity index (χ0v) is 30.2. The standard InChI is InChI=1S/C18H18N6O.C12H16N4O.C7H6BN2O2.2CH4/c1-12-11-25-8-7-23(12)18-16-3-2-6-24(16)22-17(20-18)13-4-5-15-14(9-13)10-19-21-15;1-9-8-17-7-6-15(9)12-11-4-3-5-16(11)14-10(2)13-12;11-8-12-6-1-2-7-5(3-6)4-9-10-7;;/h2-6,9-10,12H,7-8,11H2,1H3,(H,19,21);3-5,9H,6-8H2,1-2H3;1-4,11H,(H,9,10);2*1H4/t12-;9-;;;/m11.../s1. The van der Waals surface area contributed by atoms with E-state index in [2.05, 4.69) is 72.3 Å². The van der Waals surface area contributed by atoms with Gasteiger partial charge in [-0.15, -0.1) is 5.10 Å². The van der Waals surface area contributed by atoms with E-state index in [1.807, 2.05) is 64.9 Å². The summed E-state index contributed by atoms with van der Waals surface area (Å²) in [7, 11) is 0.654. The van der Waals surface area contributed by atoms with E-state index >= 15 is 0 Å². The van der Waals surface area contributed by atoms with Crippen LogP contribution in [0.25, 0.3) is 44.2 Å². The summed E-state index contributed by atoms with van der Waals surface area (Å²) in [6.07, 6.45) is 7.43. The second-order valence-electron chi connectivity index (χ2n) is 13.2. The van der Waals surface area contributed by atoms with E-state index in [1.165, 1.54) is 0 Å². The summed E-state index contributed by atoms with van der Waals surface area (Å²) in [5.41, 5.74) is 5.01. The molecule has 1 radical (unpaired) electrons. The lowest BCUT2D eigenvalue weighted by molar-refractivity contribution is 0.0986. The van der Waals surface area contributed by atoms with Crippen molar-refractivity contribution >= 4 is 52.2 Å². The second-order valence-corrected chi connectivity index (χ2v) is 13.2. The van der Waals surface area contributed by atoms with E-state index in [9.17, 15) is 0 Å². The molecule has 2 aromatic carbocycles. The maximum Gasteiger partial charge on any atom is 0.569 e. The number of rotatable bonds is 5. The van der Waals surface area contributed by atoms with Gasteiger partial charge in [0.05, 0.1) is 61.9 Å². The first-order valence-electron chi connectivity index (χ1n) is 17.8. The highest BCUT2D eigenvalue weighted by Gasteiger charge is 2.24. The van der Waals surface area contributed by atoms with Crippen molar-refractivity contribution in [3.63, 3.8) is 0 Å². The highest BCUT2D eigenvalue weighted by atomic mass is 16.5. The molecule has 0 aliphatic carbocycles. The lowest BCUT2D eigenvalue weighted by Gasteiger charge is -2.34. The molecule has 2 fully saturated rings. The summed E-state index contributed by atoms with van der Waals surface area (Å²) in [5, 5.41) is 33.2. The van der Waals surface area contributed by atoms with E-state index in [-0.39, 0.29) is 20.9 Å². The molecule has 0 saturated carbocycles. The van der Waals surface area contributed by atoms with Crippen LogP contribution in [0.15, 0.2) is 85.5 Å². The van der Waals surface area contributed by atoms with Gasteiger partial charge < -0.3 is 29.0 Å². The number of anilines is 2. The smallest absolute Gasteiger partial charge is 0.537 e. The van der Waals surface area contributed by atoms with Crippen molar-refractivity contribution in [2.75, 3.05) is 49.3 Å². The van der Waals surface area contributed by atoms with Crippen molar-refractivity contribution in [1.29, 1.82) is 0 Å². The van der Waals surface area contributed by atoms with Crippen molar-refractivity contribution in [3.05, 3.63) is 91.3 Å². The Labute approximate surface area is 325 Å². The number of hydrogen-bond acceptors (Lipinski definition) is 12. The normalized spacial score (nSPS) is 16.7. The number of aryl methyl sites for hydroxylation is 1. The van der Waals surface area contributed by atoms with E-state index in [4.69, 9.17) is 29.2 Å². The van der Waals surface area contributed by atoms with Crippen LogP contribution in [-0.4, -0.2) is 114 Å². The van der Waals surface area contributed by atoms with Crippen molar-refractivity contribution < 1.29 is 19.2 Å². The van der Waals surface area contributed by atoms with Gasteiger partial charge in [0.15, 0.2) is 17.5 Å². The monoisotopic (exact) mass is 759 g/mol. The van der Waals surface area contributed by atoms with Crippen molar-refractivity contribution in [3.8, 4) is 17.1 Å². The van der Waals surface area contributed by atoms with Gasteiger partial charge in [-0.3, -0.25) is 10.2 Å². The highest BCUT2D eigenvalue weighted by Crippen LogP contribution is 2.28. The van der Waals surface area contributed by atoms with E-state index in [0.717, 1.165) is 88.8 Å². The molecule has 16 nitrogen and oxygen atoms in total. The Morgan fingerprint density at radius 2 is 1.32 bits per heavy atom. The maximum absolute atomic E-state index is 8.37. The van der Waals surface area contributed by atoms with Crippen molar-refractivity contribution in [2.24, 2.45) is 0 Å². The van der Waals surface area contributed by atoms with Gasteiger partial charge in [-0.2, -0.15) is 15.3 Å². The van der Waals surface area contributed by atoms with Gasteiger partial charge in [-0.05, 0) is 81.4 Å². The summed E-state index contributed by atoms with van der Waals surface area (Å²) in [5.74, 6) is 4.06. The molecular weight excluding hydrogens is 711 g/mol. The molecule has 6 aromatic heterocycles. The van der Waals surface area contributed by atoms with Gasteiger partial charge in [0.25, 0.3) is 0 Å². The molecule has 8 aromatic rings. The third kappa shape index (κ3) is 8.29. The summed E-state index contributed by atoms with van der Waals surface area (Å²) >= 11 is 0. The summed E-state index contributed by atoms with van der Waals surface area (Å²) in [6, 6.07) is 20.2. The molecule has 10 rings (SSSR count). The Hall–Kier alpha value is -6.04. The van der Waals surface area contributed by atoms with Gasteiger partial charge in [-0.1, -0.05) is 14.9 Å². The molecule has 0 spiro atoms. The van der Waals surface area contributed by atoms with Crippen LogP contribution in [0.2, 0.25) is 0 Å². The molecule has 291 valence electrons. The maximum atomic E-state index is 8.37. The summed E-state index contributed by atoms with van der Waals surface area (Å²) < 4.78 is 19.6. The average Bonchev–Trinajstić information content (AvgIpc) is 4.02. The van der Waals surface area contributed by atoms with Crippen LogP contribution >= 0.6 is 0 Å². The largest absolute Gasteiger partial charge is 0.569 e. The predicted octanol–water partition coefficient (Wildman–Crippen LogP) is 5.50. The Kier molecular flexibility index (Phi) is 12.5. The molecule has 3 N–H and O–H groups in total. The third-order valence-electron chi connectivity index (χ3n) is 9.43. The first kappa shape index (κ1) is 39.7. The van der Waals surface area contributed by atoms with Crippen LogP contribution in [-0.2, 0) is 9.47 Å². The number of aromatic nitrogens is 10. The fourth-order valence-corrected chi connectivity index (χ4v) is 6.71. The number of morpholine rings is 2. The van der Waals surface area contributed by atoms with Crippen LogP contribution in [0, 0.1) is 6.92 Å². The lowest BCUT2D eigenvalue weighted by Crippen LogP contribution is -2.44. The van der Waals surface area contributed by atoms with Crippen molar-refractivity contribution in [1.82, 2.24) is 49.6 Å². The topological polar surface area (TPSA) is 172 Å². The molecule has 2 aliphatic rings. The zero-order valence-electron chi connectivity index (χ0n) is 30.2. The summed E-state index contributed by atoms with van der Waals surface area (Å²) in [4.78, 5) is 14.1. The molecule has 56 heavy (non-hydrogen) atoms. The Bertz CT molecular complexity index is 2500. The molecule has 0 bridgehead atoms. The molecule has 17 heteroatoms. The fraction of sp³-hybridized carbons (Fsp3) is 0.333. The van der Waals surface area contributed by atoms with Gasteiger partial charge >= 0.3 is 7.69 Å². The van der Waals surface area contributed by atoms with E-state index < -0.39 is 0 Å². The first-order valence-corrected chi connectivity index (χ1v) is 17.8. The Morgan fingerprint density at radius 1 is 0.750 bits per heavy atom. The van der Waals surface area contributed by atoms with Gasteiger partial charge in [0, 0.05) is 41.8 Å². The van der Waals surface area contributed by atoms with Crippen LogP contribution in [0.4, 0.5) is 11.6 Å². The predicted molar refractivity (Wildman–Crippen MR) is 219 cm³/mol. The van der Waals surface area contributed by atoms with Crippen LogP contribution in [0.1, 0.15) is 34.5 Å². The quantitative estimate of drug-likeness (QED) is 0.189. The van der Waals surface area contributed by atoms with Gasteiger partial charge in [0.1, 0.15) is 22.6 Å². The van der Waals surface area contributed by atoms with E-state index in [1.54, 1.807) is 18.3 Å². The second kappa shape index (κ2) is 17.6. The molecule has 2 atom stereocenters. The number of H-pyrrole nitrogens is 2. The number of hydrogen-bond donors (Lipinski definition) is 3. The van der Waals surface area contributed by atoms with Gasteiger partial charge in [-0.25, -0.2) is 19.0 Å². The SMILES string of the molecule is C.C.C[C@@H]1COCCN1c1nc(-c2ccc3[nH]ncc3c2)nn2cccc12.Cc1nc(N2CCOC[C@H]2C)c2cccn2n1.O[B]Oc1ccc2[nH]ncc2c1. The van der Waals surface area contributed by atoms with Crippen LogP contribution in [0.5, 0.6) is 5.75 Å². The number of aromatic amines is 2. The minimum absolute atomic E-state index is 0. The van der Waals surface area contributed by atoms with Gasteiger partial charge in [0.2, 0.25) is 0 Å². The molecular formula is C39H48BN12O4. The fourth-order valence-electron chi connectivity index (χ4n) is 6.71. The number of benzene rings is 2. The third-order valence-corrected chi connectivity index (χ3v) is 9.43. The first-order chi connectivity index (χ1) is 26.4. The van der Waals surface area contributed by atoms with Crippen LogP contribution in [0.3, 0.4) is 0 Å². The number of nitrogens with zero attached hydrogens (tertiary/aromatic N) is 10. The minimum atomic E-state index is 0. The highest BCUT2D eigenvalue weighted by molar-refractivity contribution is 6.17. The molecule has 2 aliphatic heterocycles. The molecule has 2 saturated heterocycles.